The molecule has 0 amide bonds. The number of rotatable bonds is 4. The van der Waals surface area contributed by atoms with E-state index in [4.69, 9.17) is 0 Å². The monoisotopic (exact) mass is 340 g/mol. The second-order valence-corrected chi connectivity index (χ2v) is 7.24. The largest absolute Gasteiger partial charge is 0.334 e. The minimum atomic E-state index is 0.485. The van der Waals surface area contributed by atoms with Crippen LogP contribution in [-0.4, -0.2) is 9.55 Å². The summed E-state index contributed by atoms with van der Waals surface area (Å²) in [7, 11) is 2.05. The van der Waals surface area contributed by atoms with Crippen molar-refractivity contribution in [1.82, 2.24) is 9.55 Å². The Labute approximate surface area is 150 Å². The van der Waals surface area contributed by atoms with Crippen molar-refractivity contribution in [2.24, 2.45) is 7.05 Å². The predicted molar refractivity (Wildman–Crippen MR) is 107 cm³/mol. The van der Waals surface area contributed by atoms with Crippen molar-refractivity contribution in [3.63, 3.8) is 0 Å². The first-order chi connectivity index (χ1) is 11.6. The van der Waals surface area contributed by atoms with Crippen LogP contribution in [0.1, 0.15) is 52.0 Å². The molecule has 0 unspecified atom stereocenters. The van der Waals surface area contributed by atoms with E-state index in [1.165, 1.54) is 34.4 Å². The molecule has 0 spiro atoms. The Morgan fingerprint density at radius 3 is 2.38 bits per heavy atom. The highest BCUT2D eigenvalue weighted by molar-refractivity contribution is 7.13. The molecular weight excluding hydrogens is 312 g/mol. The predicted octanol–water partition coefficient (Wildman–Crippen LogP) is 6.75. The normalized spacial score (nSPS) is 10.6. The van der Waals surface area contributed by atoms with Crippen LogP contribution in [0.3, 0.4) is 0 Å². The summed E-state index contributed by atoms with van der Waals surface area (Å²) in [6.07, 6.45) is 6.49. The van der Waals surface area contributed by atoms with Crippen molar-refractivity contribution in [3.8, 4) is 21.8 Å². The van der Waals surface area contributed by atoms with Gasteiger partial charge in [-0.05, 0) is 34.6 Å². The van der Waals surface area contributed by atoms with E-state index in [9.17, 15) is 0 Å². The molecule has 3 rings (SSSR count). The van der Waals surface area contributed by atoms with Crippen LogP contribution in [0.4, 0.5) is 0 Å². The Morgan fingerprint density at radius 1 is 1.12 bits per heavy atom. The molecule has 0 aliphatic carbocycles. The Hall–Kier alpha value is -1.87. The average Bonchev–Trinajstić information content (AvgIpc) is 3.26. The molecule has 24 heavy (non-hydrogen) atoms. The van der Waals surface area contributed by atoms with E-state index in [0.717, 1.165) is 5.82 Å². The number of thiophene rings is 1. The summed E-state index contributed by atoms with van der Waals surface area (Å²) in [5.41, 5.74) is 3.85. The summed E-state index contributed by atoms with van der Waals surface area (Å²) in [6, 6.07) is 11.0. The molecule has 2 heterocycles. The Kier molecular flexibility index (Phi) is 6.80. The number of aromatic nitrogens is 2. The maximum absolute atomic E-state index is 4.52. The second kappa shape index (κ2) is 8.84. The van der Waals surface area contributed by atoms with E-state index in [-0.39, 0.29) is 0 Å². The standard InChI is InChI=1S/C17H18N2S.C4H10/c1-12(2)14-7-6-13(16-5-4-10-20-16)11-15(14)17-18-8-9-19(17)3;1-3-4-2/h4-12H,1-3H3;3-4H2,1-2H3. The van der Waals surface area contributed by atoms with Crippen LogP contribution in [0.2, 0.25) is 0 Å². The van der Waals surface area contributed by atoms with Crippen molar-refractivity contribution in [2.75, 3.05) is 0 Å². The molecule has 3 aromatic rings. The molecule has 0 atom stereocenters. The molecule has 3 heteroatoms. The van der Waals surface area contributed by atoms with Crippen LogP contribution in [0.15, 0.2) is 48.1 Å². The first kappa shape index (κ1) is 18.5. The van der Waals surface area contributed by atoms with E-state index < -0.39 is 0 Å². The van der Waals surface area contributed by atoms with Crippen molar-refractivity contribution in [2.45, 2.75) is 46.5 Å². The fourth-order valence-electron chi connectivity index (χ4n) is 2.47. The van der Waals surface area contributed by atoms with Gasteiger partial charge in [0.15, 0.2) is 0 Å². The van der Waals surface area contributed by atoms with Gasteiger partial charge in [-0.25, -0.2) is 4.98 Å². The molecule has 0 saturated carbocycles. The summed E-state index contributed by atoms with van der Waals surface area (Å²) >= 11 is 1.77. The highest BCUT2D eigenvalue weighted by Crippen LogP contribution is 2.33. The maximum atomic E-state index is 4.52. The lowest BCUT2D eigenvalue weighted by Crippen LogP contribution is -1.98. The average molecular weight is 341 g/mol. The Morgan fingerprint density at radius 2 is 1.88 bits per heavy atom. The first-order valence-corrected chi connectivity index (χ1v) is 9.61. The van der Waals surface area contributed by atoms with E-state index in [1.807, 2.05) is 19.4 Å². The zero-order valence-corrected chi connectivity index (χ0v) is 16.2. The summed E-state index contributed by atoms with van der Waals surface area (Å²) in [5, 5.41) is 2.12. The third kappa shape index (κ3) is 4.35. The molecular formula is C21H28N2S. The van der Waals surface area contributed by atoms with Crippen molar-refractivity contribution >= 4 is 11.3 Å². The smallest absolute Gasteiger partial charge is 0.139 e. The third-order valence-corrected chi connectivity index (χ3v) is 4.96. The minimum Gasteiger partial charge on any atom is -0.334 e. The second-order valence-electron chi connectivity index (χ2n) is 6.30. The number of hydrogen-bond donors (Lipinski definition) is 0. The highest BCUT2D eigenvalue weighted by Gasteiger charge is 2.13. The maximum Gasteiger partial charge on any atom is 0.139 e. The van der Waals surface area contributed by atoms with Crippen LogP contribution >= 0.6 is 11.3 Å². The van der Waals surface area contributed by atoms with Gasteiger partial charge >= 0.3 is 0 Å². The lowest BCUT2D eigenvalue weighted by Gasteiger charge is -2.14. The first-order valence-electron chi connectivity index (χ1n) is 8.73. The molecule has 0 aliphatic heterocycles. The van der Waals surface area contributed by atoms with Gasteiger partial charge in [-0.2, -0.15) is 0 Å². The van der Waals surface area contributed by atoms with Crippen molar-refractivity contribution in [1.29, 1.82) is 0 Å². The number of benzene rings is 1. The van der Waals surface area contributed by atoms with E-state index in [1.54, 1.807) is 11.3 Å². The highest BCUT2D eigenvalue weighted by atomic mass is 32.1. The van der Waals surface area contributed by atoms with Gasteiger partial charge in [0.25, 0.3) is 0 Å². The Bertz CT molecular complexity index is 737. The molecule has 0 bridgehead atoms. The molecule has 0 fully saturated rings. The summed E-state index contributed by atoms with van der Waals surface area (Å²) in [6.45, 7) is 8.82. The van der Waals surface area contributed by atoms with E-state index >= 15 is 0 Å². The molecule has 2 aromatic heterocycles. The number of hydrogen-bond acceptors (Lipinski definition) is 2. The lowest BCUT2D eigenvalue weighted by molar-refractivity contribution is 0.858. The summed E-state index contributed by atoms with van der Waals surface area (Å²) in [4.78, 5) is 5.82. The van der Waals surface area contributed by atoms with Gasteiger partial charge in [0.1, 0.15) is 5.82 Å². The van der Waals surface area contributed by atoms with Gasteiger partial charge < -0.3 is 4.57 Å². The number of aryl methyl sites for hydroxylation is 1. The van der Waals surface area contributed by atoms with Gasteiger partial charge in [0.2, 0.25) is 0 Å². The topological polar surface area (TPSA) is 17.8 Å². The van der Waals surface area contributed by atoms with Gasteiger partial charge in [0.05, 0.1) is 0 Å². The zero-order chi connectivity index (χ0) is 17.5. The number of nitrogens with zero attached hydrogens (tertiary/aromatic N) is 2. The van der Waals surface area contributed by atoms with Crippen LogP contribution < -0.4 is 0 Å². The molecule has 0 N–H and O–H groups in total. The molecule has 0 aliphatic rings. The fraction of sp³-hybridized carbons (Fsp3) is 0.381. The van der Waals surface area contributed by atoms with Crippen LogP contribution in [0.25, 0.3) is 21.8 Å². The molecule has 0 radical (unpaired) electrons. The fourth-order valence-corrected chi connectivity index (χ4v) is 3.20. The van der Waals surface area contributed by atoms with Crippen molar-refractivity contribution < 1.29 is 0 Å². The summed E-state index contributed by atoms with van der Waals surface area (Å²) in [5.74, 6) is 1.52. The van der Waals surface area contributed by atoms with Gasteiger partial charge in [0, 0.05) is 29.9 Å². The van der Waals surface area contributed by atoms with Crippen LogP contribution in [0.5, 0.6) is 0 Å². The molecule has 128 valence electrons. The number of imidazole rings is 1. The molecule has 1 aromatic carbocycles. The number of unbranched alkanes of at least 4 members (excludes halogenated alkanes) is 1. The lowest BCUT2D eigenvalue weighted by atomic mass is 9.94. The molecule has 2 nitrogen and oxygen atoms in total. The van der Waals surface area contributed by atoms with Crippen LogP contribution in [-0.2, 0) is 7.05 Å². The van der Waals surface area contributed by atoms with E-state index in [2.05, 4.69) is 73.0 Å². The van der Waals surface area contributed by atoms with Crippen molar-refractivity contribution in [3.05, 3.63) is 53.7 Å². The summed E-state index contributed by atoms with van der Waals surface area (Å²) < 4.78 is 2.08. The molecule has 0 saturated heterocycles. The Balaban J connectivity index is 0.000000471. The van der Waals surface area contributed by atoms with Gasteiger partial charge in [-0.1, -0.05) is 58.7 Å². The minimum absolute atomic E-state index is 0.485. The SMILES string of the molecule is CC(C)c1ccc(-c2cccs2)cc1-c1nccn1C.CCCC. The zero-order valence-electron chi connectivity index (χ0n) is 15.4. The van der Waals surface area contributed by atoms with Gasteiger partial charge in [-0.15, -0.1) is 11.3 Å². The van der Waals surface area contributed by atoms with Gasteiger partial charge in [-0.3, -0.25) is 0 Å². The van der Waals surface area contributed by atoms with E-state index in [0.29, 0.717) is 5.92 Å². The quantitative estimate of drug-likeness (QED) is 0.514. The third-order valence-electron chi connectivity index (χ3n) is 4.04. The van der Waals surface area contributed by atoms with Crippen LogP contribution in [0, 0.1) is 0 Å².